The number of aromatic amines is 1. The number of hydrogen-bond acceptors (Lipinski definition) is 5. The summed E-state index contributed by atoms with van der Waals surface area (Å²) in [7, 11) is 0. The first-order valence-electron chi connectivity index (χ1n) is 7.31. The minimum absolute atomic E-state index is 0.0335. The highest BCUT2D eigenvalue weighted by atomic mass is 15.1. The number of H-pyrrole nitrogens is 1. The Bertz CT molecular complexity index is 724. The van der Waals surface area contributed by atoms with Crippen molar-refractivity contribution in [3.63, 3.8) is 0 Å². The van der Waals surface area contributed by atoms with E-state index >= 15 is 0 Å². The molecule has 2 N–H and O–H groups in total. The summed E-state index contributed by atoms with van der Waals surface area (Å²) in [6.07, 6.45) is 6.14. The number of imidazole rings is 1. The molecule has 3 rings (SSSR count). The Morgan fingerprint density at radius 3 is 2.77 bits per heavy atom. The van der Waals surface area contributed by atoms with E-state index < -0.39 is 0 Å². The second-order valence-electron chi connectivity index (χ2n) is 4.98. The molecule has 0 fully saturated rings. The maximum atomic E-state index is 4.58. The van der Waals surface area contributed by atoms with E-state index in [9.17, 15) is 0 Å². The van der Waals surface area contributed by atoms with Crippen molar-refractivity contribution in [1.29, 1.82) is 0 Å². The summed E-state index contributed by atoms with van der Waals surface area (Å²) in [6, 6.07) is 7.72. The molecule has 6 nitrogen and oxygen atoms in total. The van der Waals surface area contributed by atoms with Crippen LogP contribution < -0.4 is 5.32 Å². The molecule has 0 aliphatic rings. The van der Waals surface area contributed by atoms with Gasteiger partial charge >= 0.3 is 0 Å². The van der Waals surface area contributed by atoms with E-state index in [2.05, 4.69) is 37.2 Å². The van der Waals surface area contributed by atoms with Crippen LogP contribution in [-0.4, -0.2) is 24.9 Å². The van der Waals surface area contributed by atoms with Gasteiger partial charge in [0.25, 0.3) is 0 Å². The smallest absolute Gasteiger partial charge is 0.180 e. The van der Waals surface area contributed by atoms with Gasteiger partial charge in [-0.05, 0) is 25.5 Å². The van der Waals surface area contributed by atoms with Gasteiger partial charge in [0.15, 0.2) is 5.82 Å². The molecule has 112 valence electrons. The Labute approximate surface area is 129 Å². The second-order valence-corrected chi connectivity index (χ2v) is 4.98. The zero-order chi connectivity index (χ0) is 15.4. The molecule has 0 aromatic carbocycles. The molecule has 0 amide bonds. The summed E-state index contributed by atoms with van der Waals surface area (Å²) < 4.78 is 0. The summed E-state index contributed by atoms with van der Waals surface area (Å²) >= 11 is 0. The van der Waals surface area contributed by atoms with Crippen LogP contribution >= 0.6 is 0 Å². The van der Waals surface area contributed by atoms with E-state index in [4.69, 9.17) is 0 Å². The normalized spacial score (nSPS) is 12.1. The maximum absolute atomic E-state index is 4.58. The first-order chi connectivity index (χ1) is 10.8. The summed E-state index contributed by atoms with van der Waals surface area (Å²) in [5, 5.41) is 3.36. The number of aryl methyl sites for hydroxylation is 1. The molecule has 0 bridgehead atoms. The maximum Gasteiger partial charge on any atom is 0.180 e. The predicted molar refractivity (Wildman–Crippen MR) is 85.3 cm³/mol. The van der Waals surface area contributed by atoms with Crippen LogP contribution in [0.5, 0.6) is 0 Å². The van der Waals surface area contributed by atoms with E-state index in [1.165, 1.54) is 0 Å². The standard InChI is InChI=1S/C16H18N6/c1-3-12-10-14(20-11(2)15-18-8-9-19-15)22-16(21-12)13-6-4-5-7-17-13/h4-11H,3H2,1-2H3,(H,18,19)(H,20,21,22)/t11-/m1/s1. The Hall–Kier alpha value is -2.76. The van der Waals surface area contributed by atoms with Crippen molar-refractivity contribution < 1.29 is 0 Å². The van der Waals surface area contributed by atoms with Crippen LogP contribution in [0.1, 0.15) is 31.4 Å². The predicted octanol–water partition coefficient (Wildman–Crippen LogP) is 3.00. The molecule has 0 aliphatic carbocycles. The highest BCUT2D eigenvalue weighted by molar-refractivity contribution is 5.53. The van der Waals surface area contributed by atoms with Crippen LogP contribution in [0.25, 0.3) is 11.5 Å². The number of pyridine rings is 1. The fourth-order valence-corrected chi connectivity index (χ4v) is 2.17. The van der Waals surface area contributed by atoms with Gasteiger partial charge in [0.2, 0.25) is 0 Å². The molecule has 3 aromatic heterocycles. The van der Waals surface area contributed by atoms with E-state index in [0.717, 1.165) is 29.5 Å². The fraction of sp³-hybridized carbons (Fsp3) is 0.250. The fourth-order valence-electron chi connectivity index (χ4n) is 2.17. The zero-order valence-electron chi connectivity index (χ0n) is 12.6. The van der Waals surface area contributed by atoms with E-state index in [1.807, 2.05) is 37.4 Å². The monoisotopic (exact) mass is 294 g/mol. The summed E-state index contributed by atoms with van der Waals surface area (Å²) in [4.78, 5) is 20.8. The van der Waals surface area contributed by atoms with Crippen molar-refractivity contribution in [3.05, 3.63) is 54.4 Å². The topological polar surface area (TPSA) is 79.4 Å². The molecule has 3 heterocycles. The van der Waals surface area contributed by atoms with Crippen molar-refractivity contribution >= 4 is 5.82 Å². The lowest BCUT2D eigenvalue weighted by Crippen LogP contribution is -2.11. The number of anilines is 1. The van der Waals surface area contributed by atoms with Gasteiger partial charge in [0, 0.05) is 30.4 Å². The van der Waals surface area contributed by atoms with Crippen molar-refractivity contribution in [3.8, 4) is 11.5 Å². The molecule has 0 saturated heterocycles. The molecule has 0 unspecified atom stereocenters. The SMILES string of the molecule is CCc1cc(N[C@H](C)c2ncc[nH]2)nc(-c2ccccn2)n1. The molecule has 0 saturated carbocycles. The molecule has 22 heavy (non-hydrogen) atoms. The average Bonchev–Trinajstić information content (AvgIpc) is 3.10. The Kier molecular flexibility index (Phi) is 4.09. The van der Waals surface area contributed by atoms with Gasteiger partial charge in [0.05, 0.1) is 6.04 Å². The minimum Gasteiger partial charge on any atom is -0.360 e. The molecular formula is C16H18N6. The highest BCUT2D eigenvalue weighted by Gasteiger charge is 2.11. The van der Waals surface area contributed by atoms with Gasteiger partial charge in [-0.1, -0.05) is 13.0 Å². The van der Waals surface area contributed by atoms with Crippen molar-refractivity contribution in [2.24, 2.45) is 0 Å². The van der Waals surface area contributed by atoms with Crippen molar-refractivity contribution in [2.75, 3.05) is 5.32 Å². The Morgan fingerprint density at radius 1 is 1.18 bits per heavy atom. The van der Waals surface area contributed by atoms with E-state index in [0.29, 0.717) is 5.82 Å². The average molecular weight is 294 g/mol. The van der Waals surface area contributed by atoms with Crippen LogP contribution in [0.15, 0.2) is 42.9 Å². The lowest BCUT2D eigenvalue weighted by atomic mass is 10.2. The molecule has 6 heteroatoms. The first kappa shape index (κ1) is 14.2. The minimum atomic E-state index is 0.0335. The number of nitrogens with one attached hydrogen (secondary N) is 2. The molecule has 3 aromatic rings. The van der Waals surface area contributed by atoms with Gasteiger partial charge in [-0.15, -0.1) is 0 Å². The van der Waals surface area contributed by atoms with Gasteiger partial charge in [-0.3, -0.25) is 4.98 Å². The number of rotatable bonds is 5. The van der Waals surface area contributed by atoms with Gasteiger partial charge in [-0.2, -0.15) is 0 Å². The third-order valence-corrected chi connectivity index (χ3v) is 3.33. The van der Waals surface area contributed by atoms with Crippen LogP contribution in [-0.2, 0) is 6.42 Å². The number of hydrogen-bond donors (Lipinski definition) is 2. The Balaban J connectivity index is 1.91. The van der Waals surface area contributed by atoms with Crippen molar-refractivity contribution in [1.82, 2.24) is 24.9 Å². The van der Waals surface area contributed by atoms with Crippen LogP contribution in [0.3, 0.4) is 0 Å². The lowest BCUT2D eigenvalue weighted by molar-refractivity contribution is 0.801. The third kappa shape index (κ3) is 3.11. The quantitative estimate of drug-likeness (QED) is 0.756. The van der Waals surface area contributed by atoms with Gasteiger partial charge in [-0.25, -0.2) is 15.0 Å². The first-order valence-corrected chi connectivity index (χ1v) is 7.31. The van der Waals surface area contributed by atoms with E-state index in [-0.39, 0.29) is 6.04 Å². The van der Waals surface area contributed by atoms with Crippen molar-refractivity contribution in [2.45, 2.75) is 26.3 Å². The molecule has 0 spiro atoms. The lowest BCUT2D eigenvalue weighted by Gasteiger charge is -2.13. The molecule has 1 atom stereocenters. The van der Waals surface area contributed by atoms with Gasteiger partial charge in [0.1, 0.15) is 17.3 Å². The molecular weight excluding hydrogens is 276 g/mol. The summed E-state index contributed by atoms with van der Waals surface area (Å²) in [5.41, 5.74) is 1.75. The molecule has 0 aliphatic heterocycles. The van der Waals surface area contributed by atoms with Gasteiger partial charge < -0.3 is 10.3 Å². The Morgan fingerprint density at radius 2 is 2.09 bits per heavy atom. The molecule has 0 radical (unpaired) electrons. The summed E-state index contributed by atoms with van der Waals surface area (Å²) in [6.45, 7) is 4.11. The third-order valence-electron chi connectivity index (χ3n) is 3.33. The summed E-state index contributed by atoms with van der Waals surface area (Å²) in [5.74, 6) is 2.28. The zero-order valence-corrected chi connectivity index (χ0v) is 12.6. The highest BCUT2D eigenvalue weighted by Crippen LogP contribution is 2.19. The van der Waals surface area contributed by atoms with Crippen LogP contribution in [0.4, 0.5) is 5.82 Å². The number of aromatic nitrogens is 5. The van der Waals surface area contributed by atoms with E-state index in [1.54, 1.807) is 12.4 Å². The van der Waals surface area contributed by atoms with Crippen LogP contribution in [0.2, 0.25) is 0 Å². The second kappa shape index (κ2) is 6.34. The number of nitrogens with zero attached hydrogens (tertiary/aromatic N) is 4. The largest absolute Gasteiger partial charge is 0.360 e. The van der Waals surface area contributed by atoms with Crippen LogP contribution in [0, 0.1) is 0 Å².